The lowest BCUT2D eigenvalue weighted by atomic mass is 10.1. The van der Waals surface area contributed by atoms with Crippen molar-refractivity contribution in [3.05, 3.63) is 28.5 Å². The first-order valence-corrected chi connectivity index (χ1v) is 9.21. The third-order valence-corrected chi connectivity index (χ3v) is 5.78. The number of aryl methyl sites for hydroxylation is 1. The van der Waals surface area contributed by atoms with Crippen molar-refractivity contribution in [3.63, 3.8) is 0 Å². The number of sulfonamides is 1. The van der Waals surface area contributed by atoms with Gasteiger partial charge in [0.05, 0.1) is 11.1 Å². The topological polar surface area (TPSA) is 94.9 Å². The zero-order valence-corrected chi connectivity index (χ0v) is 15.1. The molecular weight excluding hydrogens is 361 g/mol. The second-order valence-electron chi connectivity index (χ2n) is 5.61. The fourth-order valence-corrected chi connectivity index (χ4v) is 4.08. The number of aliphatic hydroxyl groups excluding tert-OH is 1. The highest BCUT2D eigenvalue weighted by molar-refractivity contribution is 7.89. The zero-order valence-electron chi connectivity index (χ0n) is 13.5. The number of hydrogen-bond donors (Lipinski definition) is 2. The second kappa shape index (κ2) is 8.75. The predicted molar refractivity (Wildman–Crippen MR) is 88.1 cm³/mol. The van der Waals surface area contributed by atoms with Crippen LogP contribution in [-0.4, -0.2) is 48.6 Å². The molecule has 0 amide bonds. The van der Waals surface area contributed by atoms with Gasteiger partial charge in [-0.25, -0.2) is 12.8 Å². The van der Waals surface area contributed by atoms with Gasteiger partial charge in [0, 0.05) is 20.0 Å². The summed E-state index contributed by atoms with van der Waals surface area (Å²) in [6.45, 7) is 1.29. The lowest BCUT2D eigenvalue weighted by Crippen LogP contribution is -2.33. The fourth-order valence-electron chi connectivity index (χ4n) is 2.22. The van der Waals surface area contributed by atoms with E-state index in [0.29, 0.717) is 18.4 Å². The van der Waals surface area contributed by atoms with Crippen LogP contribution in [0.1, 0.15) is 31.7 Å². The molecule has 0 saturated carbocycles. The molecule has 1 aromatic rings. The number of aliphatic hydroxyl groups is 1. The van der Waals surface area contributed by atoms with Gasteiger partial charge >= 0.3 is 5.97 Å². The number of hydrogen-bond acceptors (Lipinski definition) is 4. The zero-order chi connectivity index (χ0) is 18.5. The summed E-state index contributed by atoms with van der Waals surface area (Å²) in [5.41, 5.74) is 0.311. The molecule has 1 aromatic carbocycles. The quantitative estimate of drug-likeness (QED) is 0.640. The van der Waals surface area contributed by atoms with Gasteiger partial charge in [-0.1, -0.05) is 11.6 Å². The molecule has 1 atom stereocenters. The first-order valence-electron chi connectivity index (χ1n) is 7.39. The lowest BCUT2D eigenvalue weighted by Gasteiger charge is -2.20. The number of aliphatic carboxylic acids is 1. The largest absolute Gasteiger partial charge is 0.481 e. The molecule has 2 N–H and O–H groups in total. The maximum Gasteiger partial charge on any atom is 0.303 e. The van der Waals surface area contributed by atoms with Crippen LogP contribution in [0.2, 0.25) is 5.02 Å². The van der Waals surface area contributed by atoms with Gasteiger partial charge in [0.25, 0.3) is 0 Å². The van der Waals surface area contributed by atoms with Crippen molar-refractivity contribution in [2.75, 3.05) is 13.6 Å². The maximum absolute atomic E-state index is 13.8. The van der Waals surface area contributed by atoms with Crippen LogP contribution in [-0.2, 0) is 21.2 Å². The molecule has 0 heterocycles. The molecule has 0 saturated heterocycles. The first kappa shape index (κ1) is 20.8. The van der Waals surface area contributed by atoms with E-state index < -0.39 is 27.9 Å². The van der Waals surface area contributed by atoms with Crippen LogP contribution in [0, 0.1) is 5.82 Å². The Bertz CT molecular complexity index is 693. The van der Waals surface area contributed by atoms with Crippen molar-refractivity contribution < 1.29 is 27.8 Å². The molecule has 0 aromatic heterocycles. The van der Waals surface area contributed by atoms with Crippen molar-refractivity contribution in [3.8, 4) is 0 Å². The summed E-state index contributed by atoms with van der Waals surface area (Å²) < 4.78 is 39.7. The minimum absolute atomic E-state index is 0.0186. The van der Waals surface area contributed by atoms with E-state index >= 15 is 0 Å². The Labute approximate surface area is 145 Å². The second-order valence-corrected chi connectivity index (χ2v) is 8.00. The smallest absolute Gasteiger partial charge is 0.303 e. The Morgan fingerprint density at radius 3 is 2.54 bits per heavy atom. The highest BCUT2D eigenvalue weighted by Gasteiger charge is 2.26. The molecule has 0 aliphatic heterocycles. The minimum Gasteiger partial charge on any atom is -0.481 e. The van der Waals surface area contributed by atoms with E-state index in [4.69, 9.17) is 16.7 Å². The Morgan fingerprint density at radius 1 is 1.38 bits per heavy atom. The minimum atomic E-state index is -4.05. The molecular formula is C15H21ClFNO5S. The molecule has 1 rings (SSSR count). The molecule has 0 aliphatic carbocycles. The first-order chi connectivity index (χ1) is 11.1. The Hall–Kier alpha value is -1.22. The van der Waals surface area contributed by atoms with Gasteiger partial charge in [-0.05, 0) is 43.9 Å². The third kappa shape index (κ3) is 5.70. The summed E-state index contributed by atoms with van der Waals surface area (Å²) >= 11 is 6.14. The number of halogens is 2. The molecule has 0 aliphatic rings. The molecule has 0 fully saturated rings. The molecule has 0 radical (unpaired) electrons. The Balaban J connectivity index is 3.06. The summed E-state index contributed by atoms with van der Waals surface area (Å²) in [5.74, 6) is -1.67. The van der Waals surface area contributed by atoms with Crippen molar-refractivity contribution in [1.82, 2.24) is 4.31 Å². The highest BCUT2D eigenvalue weighted by Crippen LogP contribution is 2.30. The van der Waals surface area contributed by atoms with Crippen LogP contribution in [0.15, 0.2) is 17.0 Å². The predicted octanol–water partition coefficient (Wildman–Crippen LogP) is 2.28. The highest BCUT2D eigenvalue weighted by atomic mass is 35.5. The van der Waals surface area contributed by atoms with Crippen molar-refractivity contribution in [2.24, 2.45) is 0 Å². The van der Waals surface area contributed by atoms with Gasteiger partial charge in [-0.2, -0.15) is 4.31 Å². The van der Waals surface area contributed by atoms with Crippen LogP contribution < -0.4 is 0 Å². The van der Waals surface area contributed by atoms with E-state index in [1.54, 1.807) is 0 Å². The van der Waals surface area contributed by atoms with Crippen LogP contribution in [0.5, 0.6) is 0 Å². The van der Waals surface area contributed by atoms with E-state index in [1.165, 1.54) is 14.0 Å². The van der Waals surface area contributed by atoms with Gasteiger partial charge in [-0.15, -0.1) is 0 Å². The van der Waals surface area contributed by atoms with Gasteiger partial charge < -0.3 is 10.2 Å². The Morgan fingerprint density at radius 2 is 2.00 bits per heavy atom. The number of carboxylic acid groups (broad SMARTS) is 1. The van der Waals surface area contributed by atoms with E-state index in [2.05, 4.69) is 0 Å². The van der Waals surface area contributed by atoms with E-state index in [0.717, 1.165) is 16.4 Å². The lowest BCUT2D eigenvalue weighted by molar-refractivity contribution is -0.137. The van der Waals surface area contributed by atoms with Crippen molar-refractivity contribution >= 4 is 27.6 Å². The summed E-state index contributed by atoms with van der Waals surface area (Å²) in [6.07, 6.45) is 0.194. The van der Waals surface area contributed by atoms with Crippen molar-refractivity contribution in [2.45, 2.75) is 43.6 Å². The summed E-state index contributed by atoms with van der Waals surface area (Å²) in [7, 11) is -2.77. The number of rotatable bonds is 9. The number of unbranched alkanes of at least 4 members (excludes halogenated alkanes) is 1. The van der Waals surface area contributed by atoms with E-state index in [-0.39, 0.29) is 29.3 Å². The van der Waals surface area contributed by atoms with Gasteiger partial charge in [0.15, 0.2) is 0 Å². The molecule has 9 heteroatoms. The summed E-state index contributed by atoms with van der Waals surface area (Å²) in [5, 5.41) is 17.9. The number of benzene rings is 1. The summed E-state index contributed by atoms with van der Waals surface area (Å²) in [4.78, 5) is 10.1. The third-order valence-electron chi connectivity index (χ3n) is 3.38. The molecule has 6 nitrogen and oxygen atoms in total. The van der Waals surface area contributed by atoms with Crippen LogP contribution >= 0.6 is 11.6 Å². The van der Waals surface area contributed by atoms with Crippen molar-refractivity contribution in [1.29, 1.82) is 0 Å². The number of carboxylic acids is 1. The Kier molecular flexibility index (Phi) is 7.59. The SMILES string of the molecule is C[C@H](O)CN(C)S(=O)(=O)c1cc(F)cc(CCCCC(=O)O)c1Cl. The van der Waals surface area contributed by atoms with Crippen LogP contribution in [0.4, 0.5) is 4.39 Å². The molecule has 136 valence electrons. The summed E-state index contributed by atoms with van der Waals surface area (Å²) in [6, 6.07) is 1.99. The number of carbonyl (C=O) groups is 1. The molecule has 0 unspecified atom stereocenters. The molecule has 0 spiro atoms. The maximum atomic E-state index is 13.8. The normalized spacial score (nSPS) is 13.2. The average molecular weight is 382 g/mol. The van der Waals surface area contributed by atoms with Gasteiger partial charge in [0.2, 0.25) is 10.0 Å². The van der Waals surface area contributed by atoms with Crippen LogP contribution in [0.25, 0.3) is 0 Å². The molecule has 0 bridgehead atoms. The van der Waals surface area contributed by atoms with E-state index in [1.807, 2.05) is 0 Å². The molecule has 24 heavy (non-hydrogen) atoms. The fraction of sp³-hybridized carbons (Fsp3) is 0.533. The average Bonchev–Trinajstić information content (AvgIpc) is 2.45. The van der Waals surface area contributed by atoms with Gasteiger partial charge in [-0.3, -0.25) is 4.79 Å². The van der Waals surface area contributed by atoms with E-state index in [9.17, 15) is 22.7 Å². The number of nitrogens with zero attached hydrogens (tertiary/aromatic N) is 1. The van der Waals surface area contributed by atoms with Crippen LogP contribution in [0.3, 0.4) is 0 Å². The number of likely N-dealkylation sites (N-methyl/N-ethyl adjacent to an activating group) is 1. The monoisotopic (exact) mass is 381 g/mol. The standard InChI is InChI=1S/C15H21ClFNO5S/c1-10(19)9-18(2)24(22,23)13-8-12(17)7-11(15(13)16)5-3-4-6-14(20)21/h7-8,10,19H,3-6,9H2,1-2H3,(H,20,21)/t10-/m0/s1. The van der Waals surface area contributed by atoms with Gasteiger partial charge in [0.1, 0.15) is 10.7 Å².